The fourth-order valence-electron chi connectivity index (χ4n) is 3.49. The van der Waals surface area contributed by atoms with E-state index in [9.17, 15) is 20.2 Å². The van der Waals surface area contributed by atoms with Crippen LogP contribution < -0.4 is 16.4 Å². The summed E-state index contributed by atoms with van der Waals surface area (Å²) in [5, 5.41) is 23.0. The molecule has 0 amide bonds. The van der Waals surface area contributed by atoms with Gasteiger partial charge in [-0.2, -0.15) is 4.99 Å². The minimum atomic E-state index is -0.995. The van der Waals surface area contributed by atoms with E-state index < -0.39 is 26.9 Å². The third-order valence-corrected chi connectivity index (χ3v) is 4.46. The Hall–Kier alpha value is -3.24. The Labute approximate surface area is 142 Å². The average molecular weight is 347 g/mol. The lowest BCUT2D eigenvalue weighted by atomic mass is 9.87. The van der Waals surface area contributed by atoms with E-state index >= 15 is 0 Å². The molecule has 0 unspecified atom stereocenters. The van der Waals surface area contributed by atoms with E-state index in [2.05, 4.69) is 9.98 Å². The molecule has 2 aliphatic rings. The van der Waals surface area contributed by atoms with Gasteiger partial charge in [-0.05, 0) is 31.7 Å². The van der Waals surface area contributed by atoms with E-state index in [0.29, 0.717) is 12.8 Å². The van der Waals surface area contributed by atoms with Crippen molar-refractivity contribution in [3.63, 3.8) is 0 Å². The van der Waals surface area contributed by atoms with Gasteiger partial charge in [0.2, 0.25) is 17.6 Å². The topological polar surface area (TPSA) is 166 Å². The lowest BCUT2D eigenvalue weighted by Crippen LogP contribution is -2.58. The second kappa shape index (κ2) is 6.00. The van der Waals surface area contributed by atoms with E-state index in [4.69, 9.17) is 11.5 Å². The number of nitro groups is 2. The first-order chi connectivity index (χ1) is 11.9. The molecular formula is C14H17N7O4. The summed E-state index contributed by atoms with van der Waals surface area (Å²) in [6.45, 7) is 0. The molecule has 11 heteroatoms. The summed E-state index contributed by atoms with van der Waals surface area (Å²) in [5.41, 5.74) is 9.72. The number of para-hydroxylation sites is 1. The summed E-state index contributed by atoms with van der Waals surface area (Å²) in [7, 11) is 0. The SMILES string of the molecule is NC1=NC2(CCCCC2)N(c2c([N+](=O)[O-])cccc2[N+](=O)[O-])C(N)=N1. The normalized spacial score (nSPS) is 19.3. The highest BCUT2D eigenvalue weighted by Crippen LogP contribution is 2.46. The fourth-order valence-corrected chi connectivity index (χ4v) is 3.49. The Kier molecular flexibility index (Phi) is 3.99. The second-order valence-corrected chi connectivity index (χ2v) is 5.98. The number of rotatable bonds is 3. The quantitative estimate of drug-likeness (QED) is 0.618. The standard InChI is InChI=1S/C14H17N7O4/c15-12-17-13(16)19(14(18-12)7-2-1-3-8-14)11-9(20(22)23)5-4-6-10(11)21(24)25/h4-6H,1-3,7-8H2,(H4,15,16,17,18). The largest absolute Gasteiger partial charge is 0.369 e. The number of nitro benzene ring substituents is 2. The second-order valence-electron chi connectivity index (χ2n) is 5.98. The van der Waals surface area contributed by atoms with Crippen molar-refractivity contribution in [1.29, 1.82) is 0 Å². The Balaban J connectivity index is 2.27. The number of nitrogens with zero attached hydrogens (tertiary/aromatic N) is 5. The molecule has 3 rings (SSSR count). The van der Waals surface area contributed by atoms with Gasteiger partial charge in [-0.1, -0.05) is 6.42 Å². The maximum absolute atomic E-state index is 11.5. The van der Waals surface area contributed by atoms with Gasteiger partial charge in [0.15, 0.2) is 0 Å². The third kappa shape index (κ3) is 2.73. The summed E-state index contributed by atoms with van der Waals surface area (Å²) < 4.78 is 0. The zero-order chi connectivity index (χ0) is 18.2. The minimum Gasteiger partial charge on any atom is -0.369 e. The predicted molar refractivity (Wildman–Crippen MR) is 91.3 cm³/mol. The first kappa shape index (κ1) is 16.6. The molecule has 1 fully saturated rings. The van der Waals surface area contributed by atoms with E-state index in [1.807, 2.05) is 0 Å². The zero-order valence-electron chi connectivity index (χ0n) is 13.3. The molecule has 0 atom stereocenters. The monoisotopic (exact) mass is 347 g/mol. The summed E-state index contributed by atoms with van der Waals surface area (Å²) in [6.07, 6.45) is 3.62. The molecule has 11 nitrogen and oxygen atoms in total. The minimum absolute atomic E-state index is 0.0307. The molecule has 1 aromatic carbocycles. The van der Waals surface area contributed by atoms with Crippen molar-refractivity contribution in [3.05, 3.63) is 38.4 Å². The van der Waals surface area contributed by atoms with Crippen molar-refractivity contribution in [2.75, 3.05) is 4.90 Å². The Morgan fingerprint density at radius 2 is 1.60 bits per heavy atom. The molecule has 0 radical (unpaired) electrons. The van der Waals surface area contributed by atoms with Crippen LogP contribution in [0.15, 0.2) is 28.2 Å². The van der Waals surface area contributed by atoms with Crippen molar-refractivity contribution in [1.82, 2.24) is 0 Å². The smallest absolute Gasteiger partial charge is 0.300 e. The highest BCUT2D eigenvalue weighted by molar-refractivity contribution is 6.08. The first-order valence-electron chi connectivity index (χ1n) is 7.77. The van der Waals surface area contributed by atoms with Crippen LogP contribution in [-0.2, 0) is 0 Å². The third-order valence-electron chi connectivity index (χ3n) is 4.46. The number of benzene rings is 1. The van der Waals surface area contributed by atoms with Gasteiger partial charge in [0.1, 0.15) is 5.66 Å². The van der Waals surface area contributed by atoms with Crippen molar-refractivity contribution in [2.24, 2.45) is 21.5 Å². The fraction of sp³-hybridized carbons (Fsp3) is 0.429. The van der Waals surface area contributed by atoms with E-state index in [1.165, 1.54) is 23.1 Å². The highest BCUT2D eigenvalue weighted by Gasteiger charge is 2.47. The van der Waals surface area contributed by atoms with Gasteiger partial charge in [-0.3, -0.25) is 25.1 Å². The first-order valence-corrected chi connectivity index (χ1v) is 7.77. The molecule has 132 valence electrons. The van der Waals surface area contributed by atoms with Crippen LogP contribution in [0, 0.1) is 20.2 Å². The van der Waals surface area contributed by atoms with Crippen molar-refractivity contribution in [3.8, 4) is 0 Å². The van der Waals surface area contributed by atoms with Crippen LogP contribution >= 0.6 is 0 Å². The van der Waals surface area contributed by atoms with Crippen LogP contribution in [0.2, 0.25) is 0 Å². The molecule has 1 heterocycles. The highest BCUT2D eigenvalue weighted by atomic mass is 16.6. The van der Waals surface area contributed by atoms with Crippen LogP contribution in [0.4, 0.5) is 17.1 Å². The van der Waals surface area contributed by atoms with Gasteiger partial charge < -0.3 is 11.5 Å². The summed E-state index contributed by atoms with van der Waals surface area (Å²) in [4.78, 5) is 31.2. The molecule has 0 bridgehead atoms. The molecule has 1 aromatic rings. The van der Waals surface area contributed by atoms with E-state index in [-0.39, 0.29) is 17.6 Å². The number of aliphatic imine (C=N–C) groups is 2. The summed E-state index contributed by atoms with van der Waals surface area (Å²) >= 11 is 0. The molecule has 1 aliphatic carbocycles. The number of anilines is 1. The molecule has 0 aromatic heterocycles. The molecule has 1 aliphatic heterocycles. The van der Waals surface area contributed by atoms with Crippen molar-refractivity contribution >= 4 is 29.0 Å². The molecule has 0 saturated heterocycles. The summed E-state index contributed by atoms with van der Waals surface area (Å²) in [6, 6.07) is 3.67. The molecule has 1 saturated carbocycles. The maximum atomic E-state index is 11.5. The van der Waals surface area contributed by atoms with Gasteiger partial charge in [0.25, 0.3) is 11.4 Å². The van der Waals surface area contributed by atoms with Gasteiger partial charge in [0.05, 0.1) is 9.85 Å². The van der Waals surface area contributed by atoms with Gasteiger partial charge in [-0.15, -0.1) is 0 Å². The summed E-state index contributed by atoms with van der Waals surface area (Å²) in [5.74, 6) is -0.163. The van der Waals surface area contributed by atoms with Crippen molar-refractivity contribution < 1.29 is 9.85 Å². The van der Waals surface area contributed by atoms with Gasteiger partial charge in [-0.25, -0.2) is 4.99 Å². The average Bonchev–Trinajstić information content (AvgIpc) is 2.54. The lowest BCUT2D eigenvalue weighted by molar-refractivity contribution is -0.392. The number of hydrogen-bond acceptors (Lipinski definition) is 9. The van der Waals surface area contributed by atoms with Crippen LogP contribution in [0.5, 0.6) is 0 Å². The van der Waals surface area contributed by atoms with Gasteiger partial charge >= 0.3 is 0 Å². The van der Waals surface area contributed by atoms with Crippen molar-refractivity contribution in [2.45, 2.75) is 37.8 Å². The van der Waals surface area contributed by atoms with Crippen LogP contribution in [0.1, 0.15) is 32.1 Å². The Morgan fingerprint density at radius 1 is 1.04 bits per heavy atom. The molecule has 1 spiro atoms. The van der Waals surface area contributed by atoms with Gasteiger partial charge in [0, 0.05) is 12.1 Å². The van der Waals surface area contributed by atoms with Crippen LogP contribution in [0.3, 0.4) is 0 Å². The zero-order valence-corrected chi connectivity index (χ0v) is 13.3. The number of guanidine groups is 2. The Morgan fingerprint density at radius 3 is 2.12 bits per heavy atom. The lowest BCUT2D eigenvalue weighted by Gasteiger charge is -2.44. The Bertz CT molecular complexity index is 766. The molecule has 4 N–H and O–H groups in total. The molecular weight excluding hydrogens is 330 g/mol. The molecule has 25 heavy (non-hydrogen) atoms. The van der Waals surface area contributed by atoms with E-state index in [1.54, 1.807) is 0 Å². The maximum Gasteiger partial charge on any atom is 0.300 e. The number of hydrogen-bond donors (Lipinski definition) is 2. The number of nitrogens with two attached hydrogens (primary N) is 2. The predicted octanol–water partition coefficient (Wildman–Crippen LogP) is 1.61. The van der Waals surface area contributed by atoms with E-state index in [0.717, 1.165) is 19.3 Å². The van der Waals surface area contributed by atoms with Crippen LogP contribution in [-0.4, -0.2) is 27.4 Å². The van der Waals surface area contributed by atoms with Crippen LogP contribution in [0.25, 0.3) is 0 Å².